The Morgan fingerprint density at radius 1 is 1.14 bits per heavy atom. The molecule has 1 aromatic carbocycles. The van der Waals surface area contributed by atoms with Gasteiger partial charge in [0.2, 0.25) is 0 Å². The summed E-state index contributed by atoms with van der Waals surface area (Å²) in [5, 5.41) is 13.7. The minimum atomic E-state index is 0.280. The Labute approximate surface area is 184 Å². The van der Waals surface area contributed by atoms with Crippen LogP contribution in [0.4, 0.5) is 11.5 Å². The number of nitrogens with zero attached hydrogens (tertiary/aromatic N) is 5. The number of pyridine rings is 1. The molecule has 0 spiro atoms. The highest BCUT2D eigenvalue weighted by atomic mass is 79.9. The number of hydrogen-bond acceptors (Lipinski definition) is 5. The number of nitrogens with one attached hydrogen (secondary N) is 1. The molecule has 0 radical (unpaired) electrons. The van der Waals surface area contributed by atoms with E-state index in [1.807, 2.05) is 42.6 Å². The Bertz CT molecular complexity index is 1000. The molecule has 1 saturated heterocycles. The number of benzene rings is 1. The lowest BCUT2D eigenvalue weighted by Crippen LogP contribution is -2.58. The van der Waals surface area contributed by atoms with Gasteiger partial charge in [0, 0.05) is 36.9 Å². The maximum absolute atomic E-state index is 5.83. The van der Waals surface area contributed by atoms with Gasteiger partial charge in [0.15, 0.2) is 10.9 Å². The van der Waals surface area contributed by atoms with Gasteiger partial charge in [0.05, 0.1) is 11.6 Å². The first-order chi connectivity index (χ1) is 14.0. The fourth-order valence-electron chi connectivity index (χ4n) is 3.72. The highest BCUT2D eigenvalue weighted by Gasteiger charge is 2.31. The van der Waals surface area contributed by atoms with Crippen molar-refractivity contribution in [2.45, 2.75) is 19.9 Å². The molecule has 1 aliphatic heterocycles. The number of piperazine rings is 1. The van der Waals surface area contributed by atoms with Crippen molar-refractivity contribution in [1.82, 2.24) is 20.1 Å². The Morgan fingerprint density at radius 2 is 2.00 bits per heavy atom. The molecular formula is C21H23BrN6S. The molecule has 6 nitrogen and oxygen atoms in total. The number of thiocarbonyl (C=S) groups is 1. The van der Waals surface area contributed by atoms with Gasteiger partial charge in [-0.3, -0.25) is 4.98 Å². The van der Waals surface area contributed by atoms with Gasteiger partial charge in [-0.15, -0.1) is 10.2 Å². The molecule has 29 heavy (non-hydrogen) atoms. The van der Waals surface area contributed by atoms with Gasteiger partial charge in [-0.05, 0) is 70.5 Å². The number of hydrogen-bond donors (Lipinski definition) is 1. The molecule has 1 N–H and O–H groups in total. The van der Waals surface area contributed by atoms with E-state index in [1.165, 1.54) is 0 Å². The summed E-state index contributed by atoms with van der Waals surface area (Å²) in [6.07, 6.45) is 1.81. The summed E-state index contributed by atoms with van der Waals surface area (Å²) in [6.45, 7) is 7.00. The number of fused-ring (bicyclic) bond motifs is 1. The summed E-state index contributed by atoms with van der Waals surface area (Å²) in [4.78, 5) is 9.02. The van der Waals surface area contributed by atoms with Gasteiger partial charge >= 0.3 is 0 Å². The lowest BCUT2D eigenvalue weighted by atomic mass is 10.00. The van der Waals surface area contributed by atoms with Crippen LogP contribution in [0.2, 0.25) is 0 Å². The van der Waals surface area contributed by atoms with E-state index >= 15 is 0 Å². The van der Waals surface area contributed by atoms with Crippen LogP contribution in [0.1, 0.15) is 13.8 Å². The molecule has 1 atom stereocenters. The van der Waals surface area contributed by atoms with Crippen LogP contribution in [0.5, 0.6) is 0 Å². The maximum atomic E-state index is 5.83. The van der Waals surface area contributed by atoms with E-state index in [1.54, 1.807) is 0 Å². The van der Waals surface area contributed by atoms with Crippen LogP contribution >= 0.6 is 28.1 Å². The minimum Gasteiger partial charge on any atom is -0.351 e. The topological polar surface area (TPSA) is 57.2 Å². The summed E-state index contributed by atoms with van der Waals surface area (Å²) in [6, 6.07) is 14.3. The van der Waals surface area contributed by atoms with E-state index < -0.39 is 0 Å². The van der Waals surface area contributed by atoms with Crippen molar-refractivity contribution >= 4 is 55.7 Å². The Hall–Kier alpha value is -2.32. The van der Waals surface area contributed by atoms with Crippen LogP contribution in [0.25, 0.3) is 10.9 Å². The minimum absolute atomic E-state index is 0.280. The summed E-state index contributed by atoms with van der Waals surface area (Å²) < 4.78 is 0.746. The lowest BCUT2D eigenvalue weighted by Gasteiger charge is -2.45. The van der Waals surface area contributed by atoms with Crippen LogP contribution in [0, 0.1) is 5.92 Å². The van der Waals surface area contributed by atoms with Gasteiger partial charge in [-0.1, -0.05) is 19.9 Å². The molecule has 3 heterocycles. The summed E-state index contributed by atoms with van der Waals surface area (Å²) in [5.74, 6) is 1.34. The van der Waals surface area contributed by atoms with Crippen LogP contribution in [-0.2, 0) is 0 Å². The third kappa shape index (κ3) is 4.33. The number of anilines is 2. The summed E-state index contributed by atoms with van der Waals surface area (Å²) in [7, 11) is 0. The predicted octanol–water partition coefficient (Wildman–Crippen LogP) is 4.33. The van der Waals surface area contributed by atoms with Gasteiger partial charge in [0.1, 0.15) is 4.60 Å². The lowest BCUT2D eigenvalue weighted by molar-refractivity contribution is 0.227. The van der Waals surface area contributed by atoms with Gasteiger partial charge in [-0.2, -0.15) is 0 Å². The van der Waals surface area contributed by atoms with Crippen molar-refractivity contribution in [1.29, 1.82) is 0 Å². The molecule has 3 aromatic rings. The standard InChI is InChI=1S/C21H23BrN6S/c1-14(2)18-13-27(20-9-8-19(22)25-26-20)11-12-28(18)21(29)24-17-7-3-6-16-15(17)5-4-10-23-16/h3-10,14,18H,11-13H2,1-2H3,(H,24,29). The molecule has 0 bridgehead atoms. The van der Waals surface area contributed by atoms with E-state index in [2.05, 4.69) is 66.1 Å². The van der Waals surface area contributed by atoms with Gasteiger partial charge in [0.25, 0.3) is 0 Å². The van der Waals surface area contributed by atoms with Crippen LogP contribution in [0.15, 0.2) is 53.3 Å². The zero-order valence-corrected chi connectivity index (χ0v) is 18.8. The van der Waals surface area contributed by atoms with E-state index in [-0.39, 0.29) is 6.04 Å². The molecule has 1 aliphatic rings. The van der Waals surface area contributed by atoms with Crippen LogP contribution in [0.3, 0.4) is 0 Å². The fraction of sp³-hybridized carbons (Fsp3) is 0.333. The molecule has 4 rings (SSSR count). The average molecular weight is 471 g/mol. The monoisotopic (exact) mass is 470 g/mol. The molecular weight excluding hydrogens is 448 g/mol. The van der Waals surface area contributed by atoms with E-state index in [0.717, 1.165) is 51.8 Å². The van der Waals surface area contributed by atoms with Crippen LogP contribution in [-0.4, -0.2) is 50.9 Å². The highest BCUT2D eigenvalue weighted by molar-refractivity contribution is 9.10. The third-order valence-electron chi connectivity index (χ3n) is 5.28. The van der Waals surface area contributed by atoms with E-state index in [0.29, 0.717) is 5.92 Å². The largest absolute Gasteiger partial charge is 0.351 e. The Balaban J connectivity index is 1.52. The Morgan fingerprint density at radius 3 is 2.76 bits per heavy atom. The molecule has 0 amide bonds. The first-order valence-corrected chi connectivity index (χ1v) is 10.9. The predicted molar refractivity (Wildman–Crippen MR) is 125 cm³/mol. The van der Waals surface area contributed by atoms with Crippen molar-refractivity contribution < 1.29 is 0 Å². The molecule has 0 aliphatic carbocycles. The smallest absolute Gasteiger partial charge is 0.173 e. The quantitative estimate of drug-likeness (QED) is 0.571. The summed E-state index contributed by atoms with van der Waals surface area (Å²) >= 11 is 9.18. The second-order valence-electron chi connectivity index (χ2n) is 7.47. The second-order valence-corrected chi connectivity index (χ2v) is 8.67. The van der Waals surface area contributed by atoms with Gasteiger partial charge in [-0.25, -0.2) is 0 Å². The number of rotatable bonds is 3. The van der Waals surface area contributed by atoms with Crippen molar-refractivity contribution in [2.24, 2.45) is 5.92 Å². The number of aromatic nitrogens is 3. The van der Waals surface area contributed by atoms with E-state index in [4.69, 9.17) is 12.2 Å². The van der Waals surface area contributed by atoms with Crippen molar-refractivity contribution in [3.8, 4) is 0 Å². The van der Waals surface area contributed by atoms with Crippen molar-refractivity contribution in [2.75, 3.05) is 29.9 Å². The molecule has 1 unspecified atom stereocenters. The normalized spacial score (nSPS) is 17.0. The van der Waals surface area contributed by atoms with Crippen LogP contribution < -0.4 is 10.2 Å². The molecule has 150 valence electrons. The molecule has 8 heteroatoms. The highest BCUT2D eigenvalue weighted by Crippen LogP contribution is 2.25. The SMILES string of the molecule is CC(C)C1CN(c2ccc(Br)nn2)CCN1C(=S)Nc1cccc2ncccc12. The molecule has 0 saturated carbocycles. The summed E-state index contributed by atoms with van der Waals surface area (Å²) in [5.41, 5.74) is 1.95. The van der Waals surface area contributed by atoms with Crippen molar-refractivity contribution in [3.05, 3.63) is 53.3 Å². The van der Waals surface area contributed by atoms with Gasteiger partial charge < -0.3 is 15.1 Å². The fourth-order valence-corrected chi connectivity index (χ4v) is 4.27. The third-order valence-corrected chi connectivity index (χ3v) is 6.04. The van der Waals surface area contributed by atoms with Crippen molar-refractivity contribution in [3.63, 3.8) is 0 Å². The average Bonchev–Trinajstić information content (AvgIpc) is 2.74. The first-order valence-electron chi connectivity index (χ1n) is 9.68. The second kappa shape index (κ2) is 8.59. The zero-order valence-electron chi connectivity index (χ0n) is 16.4. The first kappa shape index (κ1) is 20.0. The maximum Gasteiger partial charge on any atom is 0.173 e. The zero-order chi connectivity index (χ0) is 20.4. The Kier molecular flexibility index (Phi) is 5.91. The van der Waals surface area contributed by atoms with E-state index in [9.17, 15) is 0 Å². The number of halogens is 1. The molecule has 2 aromatic heterocycles. The molecule has 1 fully saturated rings.